The third-order valence-corrected chi connectivity index (χ3v) is 4.04. The maximum atomic E-state index is 13.6. The van der Waals surface area contributed by atoms with E-state index in [0.29, 0.717) is 0 Å². The SMILES string of the molecule is CC1(C)Cc2ccccc2C(c2cnn3c(F)ccc3c2)=N1. The van der Waals surface area contributed by atoms with Gasteiger partial charge < -0.3 is 0 Å². The minimum atomic E-state index is -0.354. The van der Waals surface area contributed by atoms with Crippen LogP contribution in [-0.4, -0.2) is 20.9 Å². The predicted molar refractivity (Wildman–Crippen MR) is 85.0 cm³/mol. The highest BCUT2D eigenvalue weighted by Crippen LogP contribution is 2.29. The van der Waals surface area contributed by atoms with E-state index in [1.807, 2.05) is 12.1 Å². The standard InChI is InChI=1S/C18H16FN3/c1-18(2)10-12-5-3-4-6-15(12)17(21-18)13-9-14-7-8-16(19)22(14)20-11-13/h3-9,11H,10H2,1-2H3. The fraction of sp³-hybridized carbons (Fsp3) is 0.222. The van der Waals surface area contributed by atoms with Crippen molar-refractivity contribution in [3.8, 4) is 0 Å². The molecule has 0 unspecified atom stereocenters. The molecule has 22 heavy (non-hydrogen) atoms. The van der Waals surface area contributed by atoms with Gasteiger partial charge in [-0.25, -0.2) is 4.52 Å². The van der Waals surface area contributed by atoms with Gasteiger partial charge in [-0.05, 0) is 44.0 Å². The zero-order valence-corrected chi connectivity index (χ0v) is 12.5. The van der Waals surface area contributed by atoms with Crippen molar-refractivity contribution in [2.45, 2.75) is 25.8 Å². The molecule has 1 aliphatic heterocycles. The zero-order chi connectivity index (χ0) is 15.3. The Balaban J connectivity index is 1.93. The molecule has 3 heterocycles. The lowest BCUT2D eigenvalue weighted by Crippen LogP contribution is -2.29. The number of hydrogen-bond donors (Lipinski definition) is 0. The van der Waals surface area contributed by atoms with Crippen molar-refractivity contribution in [2.24, 2.45) is 4.99 Å². The lowest BCUT2D eigenvalue weighted by atomic mass is 9.85. The van der Waals surface area contributed by atoms with E-state index >= 15 is 0 Å². The normalized spacial score (nSPS) is 16.4. The minimum Gasteiger partial charge on any atom is -0.278 e. The second-order valence-corrected chi connectivity index (χ2v) is 6.34. The summed E-state index contributed by atoms with van der Waals surface area (Å²) in [5.41, 5.74) is 4.87. The van der Waals surface area contributed by atoms with Crippen LogP contribution >= 0.6 is 0 Å². The first-order valence-corrected chi connectivity index (χ1v) is 7.35. The Morgan fingerprint density at radius 1 is 1.14 bits per heavy atom. The fourth-order valence-corrected chi connectivity index (χ4v) is 3.09. The summed E-state index contributed by atoms with van der Waals surface area (Å²) >= 11 is 0. The Hall–Kier alpha value is -2.49. The van der Waals surface area contributed by atoms with Crippen molar-refractivity contribution in [1.82, 2.24) is 9.61 Å². The largest absolute Gasteiger partial charge is 0.278 e. The molecule has 0 bridgehead atoms. The van der Waals surface area contributed by atoms with E-state index in [-0.39, 0.29) is 11.5 Å². The molecule has 0 N–H and O–H groups in total. The maximum Gasteiger partial charge on any atom is 0.214 e. The summed E-state index contributed by atoms with van der Waals surface area (Å²) < 4.78 is 14.8. The maximum absolute atomic E-state index is 13.6. The van der Waals surface area contributed by atoms with Crippen LogP contribution < -0.4 is 0 Å². The highest BCUT2D eigenvalue weighted by Gasteiger charge is 2.27. The van der Waals surface area contributed by atoms with Crippen molar-refractivity contribution in [3.05, 3.63) is 71.3 Å². The molecule has 0 spiro atoms. The second kappa shape index (κ2) is 4.50. The molecule has 0 aliphatic carbocycles. The summed E-state index contributed by atoms with van der Waals surface area (Å²) in [5, 5.41) is 4.20. The summed E-state index contributed by atoms with van der Waals surface area (Å²) in [6.07, 6.45) is 2.61. The highest BCUT2D eigenvalue weighted by atomic mass is 19.1. The van der Waals surface area contributed by atoms with E-state index in [1.165, 1.54) is 16.1 Å². The van der Waals surface area contributed by atoms with Gasteiger partial charge in [-0.15, -0.1) is 0 Å². The molecule has 3 nitrogen and oxygen atoms in total. The van der Waals surface area contributed by atoms with Crippen LogP contribution in [0.4, 0.5) is 4.39 Å². The average molecular weight is 293 g/mol. The topological polar surface area (TPSA) is 29.7 Å². The van der Waals surface area contributed by atoms with Crippen molar-refractivity contribution in [1.29, 1.82) is 0 Å². The Morgan fingerprint density at radius 3 is 2.82 bits per heavy atom. The van der Waals surface area contributed by atoms with Gasteiger partial charge in [-0.2, -0.15) is 9.49 Å². The molecular formula is C18H16FN3. The molecule has 1 aliphatic rings. The van der Waals surface area contributed by atoms with Gasteiger partial charge in [0.05, 0.1) is 23.0 Å². The molecule has 0 fully saturated rings. The number of benzene rings is 1. The number of rotatable bonds is 1. The van der Waals surface area contributed by atoms with Crippen LogP contribution in [0.2, 0.25) is 0 Å². The monoisotopic (exact) mass is 293 g/mol. The summed E-state index contributed by atoms with van der Waals surface area (Å²) in [4.78, 5) is 4.91. The van der Waals surface area contributed by atoms with Gasteiger partial charge in [0.25, 0.3) is 0 Å². The number of hydrogen-bond acceptors (Lipinski definition) is 2. The van der Waals surface area contributed by atoms with Crippen molar-refractivity contribution in [2.75, 3.05) is 0 Å². The van der Waals surface area contributed by atoms with Crippen LogP contribution in [0.25, 0.3) is 5.52 Å². The van der Waals surface area contributed by atoms with Crippen LogP contribution in [0, 0.1) is 5.95 Å². The van der Waals surface area contributed by atoms with Crippen LogP contribution in [0.5, 0.6) is 0 Å². The van der Waals surface area contributed by atoms with E-state index in [0.717, 1.165) is 28.8 Å². The molecule has 4 heteroatoms. The molecule has 1 aromatic carbocycles. The summed E-state index contributed by atoms with van der Waals surface area (Å²) in [5.74, 6) is -0.354. The van der Waals surface area contributed by atoms with E-state index in [9.17, 15) is 4.39 Å². The number of aromatic nitrogens is 2. The number of halogens is 1. The lowest BCUT2D eigenvalue weighted by Gasteiger charge is -2.29. The van der Waals surface area contributed by atoms with Gasteiger partial charge in [0.15, 0.2) is 0 Å². The molecule has 0 radical (unpaired) electrons. The third-order valence-electron chi connectivity index (χ3n) is 4.04. The Bertz CT molecular complexity index is 906. The van der Waals surface area contributed by atoms with Crippen molar-refractivity contribution < 1.29 is 4.39 Å². The molecule has 0 atom stereocenters. The lowest BCUT2D eigenvalue weighted by molar-refractivity contribution is 0.513. The summed E-state index contributed by atoms with van der Waals surface area (Å²) in [7, 11) is 0. The molecule has 0 saturated carbocycles. The van der Waals surface area contributed by atoms with Gasteiger partial charge in [0.2, 0.25) is 5.95 Å². The Kier molecular flexibility index (Phi) is 2.70. The second-order valence-electron chi connectivity index (χ2n) is 6.34. The van der Waals surface area contributed by atoms with Crippen LogP contribution in [-0.2, 0) is 6.42 Å². The zero-order valence-electron chi connectivity index (χ0n) is 12.5. The van der Waals surface area contributed by atoms with Gasteiger partial charge in [0.1, 0.15) is 0 Å². The Morgan fingerprint density at radius 2 is 1.95 bits per heavy atom. The van der Waals surface area contributed by atoms with Gasteiger partial charge >= 0.3 is 0 Å². The van der Waals surface area contributed by atoms with Crippen LogP contribution in [0.1, 0.15) is 30.5 Å². The number of aliphatic imine (C=N–C) groups is 1. The number of fused-ring (bicyclic) bond motifs is 2. The van der Waals surface area contributed by atoms with Crippen molar-refractivity contribution in [3.63, 3.8) is 0 Å². The molecule has 0 amide bonds. The first-order chi connectivity index (χ1) is 10.5. The van der Waals surface area contributed by atoms with Crippen LogP contribution in [0.3, 0.4) is 0 Å². The van der Waals surface area contributed by atoms with Gasteiger partial charge in [-0.3, -0.25) is 4.99 Å². The van der Waals surface area contributed by atoms with E-state index in [1.54, 1.807) is 12.3 Å². The first-order valence-electron chi connectivity index (χ1n) is 7.35. The molecule has 3 aromatic rings. The predicted octanol–water partition coefficient (Wildman–Crippen LogP) is 3.65. The first kappa shape index (κ1) is 13.2. The van der Waals surface area contributed by atoms with Crippen LogP contribution in [0.15, 0.2) is 53.7 Å². The summed E-state index contributed by atoms with van der Waals surface area (Å²) in [6, 6.07) is 13.4. The Labute approximate surface area is 128 Å². The van der Waals surface area contributed by atoms with E-state index in [2.05, 4.69) is 37.1 Å². The molecule has 2 aromatic heterocycles. The van der Waals surface area contributed by atoms with Gasteiger partial charge in [0, 0.05) is 11.1 Å². The fourth-order valence-electron chi connectivity index (χ4n) is 3.09. The highest BCUT2D eigenvalue weighted by molar-refractivity contribution is 6.14. The molecule has 110 valence electrons. The minimum absolute atomic E-state index is 0.150. The molecule has 4 rings (SSSR count). The average Bonchev–Trinajstić information content (AvgIpc) is 2.86. The third kappa shape index (κ3) is 2.03. The quantitative estimate of drug-likeness (QED) is 0.673. The number of nitrogens with zero attached hydrogens (tertiary/aromatic N) is 3. The summed E-state index contributed by atoms with van der Waals surface area (Å²) in [6.45, 7) is 4.26. The van der Waals surface area contributed by atoms with E-state index < -0.39 is 0 Å². The van der Waals surface area contributed by atoms with Gasteiger partial charge in [-0.1, -0.05) is 24.3 Å². The van der Waals surface area contributed by atoms with E-state index in [4.69, 9.17) is 4.99 Å². The molecular weight excluding hydrogens is 277 g/mol. The van der Waals surface area contributed by atoms with Crippen molar-refractivity contribution >= 4 is 11.2 Å². The molecule has 0 saturated heterocycles. The smallest absolute Gasteiger partial charge is 0.214 e.